The summed E-state index contributed by atoms with van der Waals surface area (Å²) in [7, 11) is 0. The number of aliphatic carboxylic acids is 1. The molecular weight excluding hydrogens is 300 g/mol. The van der Waals surface area contributed by atoms with Crippen molar-refractivity contribution in [2.45, 2.75) is 50.5 Å². The standard InChI is InChI=1S/C16H24N2O5/c1-15(2,22)13(17)16(23,14(20)21)18-12(19)10-6-9-11-7-4-3-5-8-11/h3-5,7-8,13,22-23H,6,9-10,17H2,1-2H3,(H,18,19)(H,20,21)/t13?,16-/m0/s1. The summed E-state index contributed by atoms with van der Waals surface area (Å²) in [6.45, 7) is 2.51. The lowest BCUT2D eigenvalue weighted by Crippen LogP contribution is -2.70. The van der Waals surface area contributed by atoms with E-state index in [0.29, 0.717) is 12.8 Å². The smallest absolute Gasteiger partial charge is 0.359 e. The van der Waals surface area contributed by atoms with Crippen molar-refractivity contribution in [3.05, 3.63) is 35.9 Å². The van der Waals surface area contributed by atoms with Gasteiger partial charge in [-0.05, 0) is 32.3 Å². The van der Waals surface area contributed by atoms with Crippen molar-refractivity contribution in [2.24, 2.45) is 5.73 Å². The molecule has 1 aromatic rings. The van der Waals surface area contributed by atoms with Crippen LogP contribution in [0, 0.1) is 0 Å². The number of hydrogen-bond acceptors (Lipinski definition) is 5. The average Bonchev–Trinajstić information content (AvgIpc) is 2.46. The van der Waals surface area contributed by atoms with E-state index in [0.717, 1.165) is 5.56 Å². The van der Waals surface area contributed by atoms with Gasteiger partial charge >= 0.3 is 5.97 Å². The number of carboxylic acid groups (broad SMARTS) is 1. The number of aliphatic hydroxyl groups is 2. The number of carbonyl (C=O) groups is 2. The fraction of sp³-hybridized carbons (Fsp3) is 0.500. The van der Waals surface area contributed by atoms with Gasteiger partial charge in [-0.25, -0.2) is 4.79 Å². The highest BCUT2D eigenvalue weighted by Gasteiger charge is 2.50. The molecule has 6 N–H and O–H groups in total. The average molecular weight is 324 g/mol. The molecule has 0 spiro atoms. The van der Waals surface area contributed by atoms with Crippen molar-refractivity contribution in [2.75, 3.05) is 0 Å². The Morgan fingerprint density at radius 2 is 1.78 bits per heavy atom. The van der Waals surface area contributed by atoms with Crippen LogP contribution < -0.4 is 11.1 Å². The molecule has 0 saturated heterocycles. The molecule has 23 heavy (non-hydrogen) atoms. The van der Waals surface area contributed by atoms with Crippen LogP contribution >= 0.6 is 0 Å². The maximum absolute atomic E-state index is 11.9. The lowest BCUT2D eigenvalue weighted by atomic mass is 9.89. The van der Waals surface area contributed by atoms with E-state index in [2.05, 4.69) is 0 Å². The molecule has 1 unspecified atom stereocenters. The fourth-order valence-corrected chi connectivity index (χ4v) is 2.15. The van der Waals surface area contributed by atoms with E-state index < -0.39 is 29.2 Å². The summed E-state index contributed by atoms with van der Waals surface area (Å²) in [6, 6.07) is 7.93. The first-order chi connectivity index (χ1) is 10.6. The van der Waals surface area contributed by atoms with Crippen molar-refractivity contribution in [1.29, 1.82) is 0 Å². The molecule has 7 nitrogen and oxygen atoms in total. The van der Waals surface area contributed by atoms with Crippen molar-refractivity contribution in [3.8, 4) is 0 Å². The molecule has 7 heteroatoms. The summed E-state index contributed by atoms with van der Waals surface area (Å²) < 4.78 is 0. The van der Waals surface area contributed by atoms with Gasteiger partial charge in [-0.15, -0.1) is 0 Å². The summed E-state index contributed by atoms with van der Waals surface area (Å²) in [5, 5.41) is 31.2. The Hall–Kier alpha value is -1.96. The Bertz CT molecular complexity index is 541. The summed E-state index contributed by atoms with van der Waals surface area (Å²) in [4.78, 5) is 23.2. The van der Waals surface area contributed by atoms with Crippen LogP contribution in [0.2, 0.25) is 0 Å². The molecule has 0 aliphatic carbocycles. The second kappa shape index (κ2) is 7.54. The second-order valence-corrected chi connectivity index (χ2v) is 6.09. The van der Waals surface area contributed by atoms with Gasteiger partial charge in [-0.3, -0.25) is 4.79 Å². The Balaban J connectivity index is 2.63. The highest BCUT2D eigenvalue weighted by molar-refractivity contribution is 5.86. The molecule has 0 radical (unpaired) electrons. The summed E-state index contributed by atoms with van der Waals surface area (Å²) in [5.41, 5.74) is 2.24. The largest absolute Gasteiger partial charge is 0.478 e. The van der Waals surface area contributed by atoms with Gasteiger partial charge in [0.15, 0.2) is 0 Å². The zero-order chi connectivity index (χ0) is 17.7. The van der Waals surface area contributed by atoms with Gasteiger partial charge in [0, 0.05) is 6.42 Å². The molecule has 0 heterocycles. The number of benzene rings is 1. The predicted octanol–water partition coefficient (Wildman–Crippen LogP) is -0.00310. The van der Waals surface area contributed by atoms with Gasteiger partial charge in [0.1, 0.15) is 0 Å². The van der Waals surface area contributed by atoms with Crippen LogP contribution in [-0.4, -0.2) is 44.6 Å². The minimum atomic E-state index is -2.73. The number of hydrogen-bond donors (Lipinski definition) is 5. The SMILES string of the molecule is CC(C)(O)C(N)[C@@](O)(NC(=O)CCCc1ccccc1)C(=O)O. The molecule has 128 valence electrons. The molecule has 0 saturated carbocycles. The minimum Gasteiger partial charge on any atom is -0.478 e. The summed E-state index contributed by atoms with van der Waals surface area (Å²) in [5.74, 6) is -2.37. The van der Waals surface area contributed by atoms with Gasteiger partial charge in [0.2, 0.25) is 5.91 Å². The van der Waals surface area contributed by atoms with Crippen LogP contribution in [-0.2, 0) is 16.0 Å². The van der Waals surface area contributed by atoms with Gasteiger partial charge < -0.3 is 26.4 Å². The van der Waals surface area contributed by atoms with Crippen LogP contribution in [0.25, 0.3) is 0 Å². The molecule has 1 rings (SSSR count). The van der Waals surface area contributed by atoms with Crippen molar-refractivity contribution in [3.63, 3.8) is 0 Å². The quantitative estimate of drug-likeness (QED) is 0.427. The molecule has 2 atom stereocenters. The van der Waals surface area contributed by atoms with E-state index in [1.54, 1.807) is 0 Å². The van der Waals surface area contributed by atoms with Crippen LogP contribution in [0.15, 0.2) is 30.3 Å². The number of amides is 1. The van der Waals surface area contributed by atoms with Gasteiger partial charge in [0.25, 0.3) is 5.72 Å². The first-order valence-corrected chi connectivity index (χ1v) is 7.36. The lowest BCUT2D eigenvalue weighted by molar-refractivity contribution is -0.176. The van der Waals surface area contributed by atoms with Crippen LogP contribution in [0.4, 0.5) is 0 Å². The molecule has 0 aliphatic heterocycles. The maximum Gasteiger partial charge on any atom is 0.359 e. The van der Waals surface area contributed by atoms with E-state index in [9.17, 15) is 19.8 Å². The van der Waals surface area contributed by atoms with E-state index in [4.69, 9.17) is 10.8 Å². The Morgan fingerprint density at radius 1 is 1.22 bits per heavy atom. The minimum absolute atomic E-state index is 0.0308. The first-order valence-electron chi connectivity index (χ1n) is 7.36. The molecule has 0 aliphatic rings. The highest BCUT2D eigenvalue weighted by atomic mass is 16.4. The molecule has 1 aromatic carbocycles. The molecule has 1 amide bonds. The molecule has 0 bridgehead atoms. The van der Waals surface area contributed by atoms with Gasteiger partial charge in [-0.2, -0.15) is 0 Å². The van der Waals surface area contributed by atoms with Crippen LogP contribution in [0.1, 0.15) is 32.3 Å². The van der Waals surface area contributed by atoms with Crippen molar-refractivity contribution >= 4 is 11.9 Å². The summed E-state index contributed by atoms with van der Waals surface area (Å²) in [6.07, 6.45) is 1.17. The van der Waals surface area contributed by atoms with Gasteiger partial charge in [0.05, 0.1) is 11.6 Å². The number of nitrogens with one attached hydrogen (secondary N) is 1. The van der Waals surface area contributed by atoms with Crippen molar-refractivity contribution < 1.29 is 24.9 Å². The van der Waals surface area contributed by atoms with Gasteiger partial charge in [-0.1, -0.05) is 30.3 Å². The highest BCUT2D eigenvalue weighted by Crippen LogP contribution is 2.18. The topological polar surface area (TPSA) is 133 Å². The number of rotatable bonds is 8. The van der Waals surface area contributed by atoms with Crippen LogP contribution in [0.3, 0.4) is 0 Å². The third-order valence-corrected chi connectivity index (χ3v) is 3.58. The third-order valence-electron chi connectivity index (χ3n) is 3.58. The number of carbonyl (C=O) groups excluding carboxylic acids is 1. The number of nitrogens with two attached hydrogens (primary N) is 1. The van der Waals surface area contributed by atoms with E-state index in [-0.39, 0.29) is 6.42 Å². The molecule has 0 aromatic heterocycles. The maximum atomic E-state index is 11.9. The zero-order valence-corrected chi connectivity index (χ0v) is 13.3. The van der Waals surface area contributed by atoms with E-state index >= 15 is 0 Å². The lowest BCUT2D eigenvalue weighted by Gasteiger charge is -2.37. The predicted molar refractivity (Wildman–Crippen MR) is 84.4 cm³/mol. The Kier molecular flexibility index (Phi) is 6.26. The van der Waals surface area contributed by atoms with Crippen LogP contribution in [0.5, 0.6) is 0 Å². The molecular formula is C16H24N2O5. The normalized spacial score (nSPS) is 15.5. The first kappa shape index (κ1) is 19.1. The fourth-order valence-electron chi connectivity index (χ4n) is 2.15. The number of aryl methyl sites for hydroxylation is 1. The Labute approximate surface area is 135 Å². The molecule has 0 fully saturated rings. The second-order valence-electron chi connectivity index (χ2n) is 6.09. The third kappa shape index (κ3) is 5.31. The zero-order valence-electron chi connectivity index (χ0n) is 13.3. The number of carboxylic acids is 1. The van der Waals surface area contributed by atoms with E-state index in [1.807, 2.05) is 35.6 Å². The van der Waals surface area contributed by atoms with E-state index in [1.165, 1.54) is 13.8 Å². The van der Waals surface area contributed by atoms with Crippen molar-refractivity contribution in [1.82, 2.24) is 5.32 Å². The monoisotopic (exact) mass is 324 g/mol. The Morgan fingerprint density at radius 3 is 2.26 bits per heavy atom. The summed E-state index contributed by atoms with van der Waals surface area (Å²) >= 11 is 0.